The second-order valence-corrected chi connectivity index (χ2v) is 13.8. The van der Waals surface area contributed by atoms with Crippen LogP contribution >= 0.6 is 0 Å². The quantitative estimate of drug-likeness (QED) is 0.747. The van der Waals surface area contributed by atoms with Crippen molar-refractivity contribution in [2.45, 2.75) is 95.5 Å². The maximum atomic E-state index is 11.8. The number of ether oxygens (including phenoxy) is 4. The number of fused-ring (bicyclic) bond motifs is 1. The Balaban J connectivity index is 1.94. The lowest BCUT2D eigenvalue weighted by Gasteiger charge is -2.48. The van der Waals surface area contributed by atoms with Gasteiger partial charge in [-0.25, -0.2) is 4.79 Å². The summed E-state index contributed by atoms with van der Waals surface area (Å²) in [5.41, 5.74) is 0. The van der Waals surface area contributed by atoms with Gasteiger partial charge in [-0.1, -0.05) is 34.6 Å². The maximum absolute atomic E-state index is 11.8. The molecule has 0 radical (unpaired) electrons. The highest BCUT2D eigenvalue weighted by Gasteiger charge is 2.64. The van der Waals surface area contributed by atoms with Crippen molar-refractivity contribution in [2.75, 3.05) is 13.2 Å². The zero-order valence-electron chi connectivity index (χ0n) is 17.0. The SMILES string of the molecule is CCC1(CC)O[C@@H]2[C@@H](CO[C@]3(CNC(=O)O3)[C@H]2O[Si](C)(C)C(C)(C)C)O1. The number of carbonyl (C=O) groups is 1. The van der Waals surface area contributed by atoms with E-state index in [9.17, 15) is 4.79 Å². The van der Waals surface area contributed by atoms with Crippen molar-refractivity contribution in [1.82, 2.24) is 5.32 Å². The predicted molar refractivity (Wildman–Crippen MR) is 98.3 cm³/mol. The summed E-state index contributed by atoms with van der Waals surface area (Å²) >= 11 is 0. The standard InChI is InChI=1S/C18H33NO6Si/c1-8-17(9-2)22-12-10-21-18(11-19-15(20)24-18)14(13(12)23-17)25-26(6,7)16(3,4)5/h12-14H,8-11H2,1-7H3,(H,19,20)/t12-,13-,14+,18+/m1/s1. The Labute approximate surface area is 157 Å². The van der Waals surface area contributed by atoms with Gasteiger partial charge in [-0.05, 0) is 31.0 Å². The molecule has 0 aromatic carbocycles. The maximum Gasteiger partial charge on any atom is 0.410 e. The highest BCUT2D eigenvalue weighted by atomic mass is 28.4. The Morgan fingerprint density at radius 2 is 1.88 bits per heavy atom. The van der Waals surface area contributed by atoms with Gasteiger partial charge in [-0.3, -0.25) is 0 Å². The average Bonchev–Trinajstić information content (AvgIpc) is 3.12. The lowest BCUT2D eigenvalue weighted by Crippen LogP contribution is -2.65. The number of hydrogen-bond acceptors (Lipinski definition) is 6. The van der Waals surface area contributed by atoms with Crippen LogP contribution in [0.3, 0.4) is 0 Å². The first-order chi connectivity index (χ1) is 12.0. The molecule has 0 aromatic rings. The largest absolute Gasteiger partial charge is 0.412 e. The van der Waals surface area contributed by atoms with E-state index < -0.39 is 32.1 Å². The van der Waals surface area contributed by atoms with Crippen molar-refractivity contribution >= 4 is 14.4 Å². The van der Waals surface area contributed by atoms with Gasteiger partial charge in [0.2, 0.25) is 0 Å². The molecule has 1 N–H and O–H groups in total. The number of nitrogens with one attached hydrogen (secondary N) is 1. The minimum absolute atomic E-state index is 0.00321. The molecule has 7 nitrogen and oxygen atoms in total. The topological polar surface area (TPSA) is 75.3 Å². The third-order valence-corrected chi connectivity index (χ3v) is 10.8. The molecule has 0 saturated carbocycles. The lowest BCUT2D eigenvalue weighted by atomic mass is 9.97. The van der Waals surface area contributed by atoms with Crippen LogP contribution in [0.15, 0.2) is 0 Å². The second-order valence-electron chi connectivity index (χ2n) is 9.02. The zero-order chi connectivity index (χ0) is 19.4. The summed E-state index contributed by atoms with van der Waals surface area (Å²) in [6, 6.07) is 0. The molecule has 26 heavy (non-hydrogen) atoms. The Morgan fingerprint density at radius 3 is 2.38 bits per heavy atom. The van der Waals surface area contributed by atoms with Crippen LogP contribution in [0.4, 0.5) is 4.79 Å². The van der Waals surface area contributed by atoms with E-state index in [0.29, 0.717) is 6.61 Å². The molecular formula is C18H33NO6Si. The van der Waals surface area contributed by atoms with E-state index in [1.807, 2.05) is 0 Å². The fourth-order valence-electron chi connectivity index (χ4n) is 3.53. The van der Waals surface area contributed by atoms with Crippen LogP contribution in [0.1, 0.15) is 47.5 Å². The van der Waals surface area contributed by atoms with Crippen molar-refractivity contribution < 1.29 is 28.2 Å². The van der Waals surface area contributed by atoms with Gasteiger partial charge in [0, 0.05) is 0 Å². The third-order valence-electron chi connectivity index (χ3n) is 6.36. The third kappa shape index (κ3) is 3.20. The number of alkyl carbamates (subject to hydrolysis) is 1. The molecular weight excluding hydrogens is 354 g/mol. The molecule has 0 unspecified atom stereocenters. The molecule has 1 amide bonds. The van der Waals surface area contributed by atoms with Crippen molar-refractivity contribution in [3.63, 3.8) is 0 Å². The van der Waals surface area contributed by atoms with Gasteiger partial charge in [0.25, 0.3) is 5.79 Å². The van der Waals surface area contributed by atoms with E-state index >= 15 is 0 Å². The molecule has 0 aromatic heterocycles. The van der Waals surface area contributed by atoms with Crippen LogP contribution in [-0.2, 0) is 23.4 Å². The first kappa shape index (κ1) is 20.1. The van der Waals surface area contributed by atoms with E-state index in [0.717, 1.165) is 12.8 Å². The molecule has 4 atom stereocenters. The second kappa shape index (κ2) is 6.44. The molecule has 3 rings (SSSR count). The summed E-state index contributed by atoms with van der Waals surface area (Å²) in [4.78, 5) is 11.8. The first-order valence-electron chi connectivity index (χ1n) is 9.62. The minimum Gasteiger partial charge on any atom is -0.412 e. The van der Waals surface area contributed by atoms with Crippen molar-refractivity contribution in [1.29, 1.82) is 0 Å². The summed E-state index contributed by atoms with van der Waals surface area (Å²) in [6.45, 7) is 15.6. The van der Waals surface area contributed by atoms with Crippen molar-refractivity contribution in [3.8, 4) is 0 Å². The summed E-state index contributed by atoms with van der Waals surface area (Å²) in [7, 11) is -2.17. The van der Waals surface area contributed by atoms with Gasteiger partial charge in [-0.15, -0.1) is 0 Å². The van der Waals surface area contributed by atoms with E-state index in [1.54, 1.807) is 0 Å². The number of amides is 1. The molecule has 8 heteroatoms. The molecule has 3 aliphatic rings. The summed E-state index contributed by atoms with van der Waals surface area (Å²) in [6.07, 6.45) is -0.0764. The van der Waals surface area contributed by atoms with Crippen LogP contribution in [0.25, 0.3) is 0 Å². The first-order valence-corrected chi connectivity index (χ1v) is 12.5. The van der Waals surface area contributed by atoms with Gasteiger partial charge in [0.05, 0.1) is 13.2 Å². The minimum atomic E-state index is -2.17. The predicted octanol–water partition coefficient (Wildman–Crippen LogP) is 3.14. The van der Waals surface area contributed by atoms with Crippen LogP contribution in [0.2, 0.25) is 18.1 Å². The molecule has 0 aliphatic carbocycles. The molecule has 3 fully saturated rings. The molecule has 3 aliphatic heterocycles. The normalized spacial score (nSPS) is 36.7. The zero-order valence-corrected chi connectivity index (χ0v) is 18.0. The van der Waals surface area contributed by atoms with Crippen LogP contribution < -0.4 is 5.32 Å². The van der Waals surface area contributed by atoms with Gasteiger partial charge < -0.3 is 28.7 Å². The Bertz CT molecular complexity index is 558. The monoisotopic (exact) mass is 387 g/mol. The molecule has 0 bridgehead atoms. The number of hydrogen-bond donors (Lipinski definition) is 1. The highest BCUT2D eigenvalue weighted by molar-refractivity contribution is 6.74. The number of carbonyl (C=O) groups excluding carboxylic acids is 1. The van der Waals surface area contributed by atoms with Gasteiger partial charge in [0.15, 0.2) is 14.1 Å². The van der Waals surface area contributed by atoms with Crippen molar-refractivity contribution in [3.05, 3.63) is 0 Å². The number of rotatable bonds is 4. The molecule has 3 heterocycles. The summed E-state index contributed by atoms with van der Waals surface area (Å²) in [5, 5.41) is 2.72. The lowest BCUT2D eigenvalue weighted by molar-refractivity contribution is -0.282. The highest BCUT2D eigenvalue weighted by Crippen LogP contribution is 2.47. The van der Waals surface area contributed by atoms with E-state index in [4.69, 9.17) is 23.4 Å². The van der Waals surface area contributed by atoms with Crippen LogP contribution in [0, 0.1) is 0 Å². The van der Waals surface area contributed by atoms with Crippen molar-refractivity contribution in [2.24, 2.45) is 0 Å². The van der Waals surface area contributed by atoms with E-state index in [1.165, 1.54) is 0 Å². The van der Waals surface area contributed by atoms with Gasteiger partial charge in [0.1, 0.15) is 18.3 Å². The van der Waals surface area contributed by atoms with E-state index in [-0.39, 0.29) is 23.8 Å². The van der Waals surface area contributed by atoms with Gasteiger partial charge >= 0.3 is 6.09 Å². The van der Waals surface area contributed by atoms with E-state index in [2.05, 4.69) is 53.0 Å². The van der Waals surface area contributed by atoms with Gasteiger partial charge in [-0.2, -0.15) is 0 Å². The summed E-state index contributed by atoms with van der Waals surface area (Å²) < 4.78 is 31.0. The fraction of sp³-hybridized carbons (Fsp3) is 0.944. The average molecular weight is 388 g/mol. The molecule has 1 spiro atoms. The molecule has 150 valence electrons. The fourth-order valence-corrected chi connectivity index (χ4v) is 4.84. The Hall–Kier alpha value is -0.673. The Kier molecular flexibility index (Phi) is 4.97. The van der Waals surface area contributed by atoms with Crippen LogP contribution in [-0.4, -0.2) is 57.4 Å². The van der Waals surface area contributed by atoms with Crippen LogP contribution in [0.5, 0.6) is 0 Å². The molecule has 3 saturated heterocycles. The smallest absolute Gasteiger partial charge is 0.410 e. The summed E-state index contributed by atoms with van der Waals surface area (Å²) in [5.74, 6) is -1.79. The Morgan fingerprint density at radius 1 is 1.23 bits per heavy atom.